The summed E-state index contributed by atoms with van der Waals surface area (Å²) >= 11 is 0. The third-order valence-electron chi connectivity index (χ3n) is 5.05. The number of aromatic nitrogens is 2. The molecule has 0 unspecified atom stereocenters. The highest BCUT2D eigenvalue weighted by molar-refractivity contribution is 5.90. The fourth-order valence-electron chi connectivity index (χ4n) is 3.30. The molecule has 1 saturated heterocycles. The van der Waals surface area contributed by atoms with Gasteiger partial charge in [-0.1, -0.05) is 25.9 Å². The number of piperidine rings is 1. The number of nitrogens with one attached hydrogen (secondary N) is 2. The topological polar surface area (TPSA) is 100 Å². The Bertz CT molecular complexity index is 875. The van der Waals surface area contributed by atoms with E-state index in [1.807, 2.05) is 58.9 Å². The first-order chi connectivity index (χ1) is 14.1. The van der Waals surface area contributed by atoms with Crippen molar-refractivity contribution in [2.45, 2.75) is 58.9 Å². The Hall–Kier alpha value is -2.90. The van der Waals surface area contributed by atoms with Gasteiger partial charge in [-0.05, 0) is 51.0 Å². The SMILES string of the molecule is CC(C)NC(=O)C1CCN(C(=O)Nc2ccc(-c3noc(C(C)(C)C)n3)cc2)CC1. The van der Waals surface area contributed by atoms with Crippen LogP contribution in [0.3, 0.4) is 0 Å². The number of carbonyl (C=O) groups excluding carboxylic acids is 2. The van der Waals surface area contributed by atoms with Crippen molar-refractivity contribution in [2.75, 3.05) is 18.4 Å². The Kier molecular flexibility index (Phi) is 6.43. The highest BCUT2D eigenvalue weighted by Gasteiger charge is 2.27. The van der Waals surface area contributed by atoms with E-state index >= 15 is 0 Å². The van der Waals surface area contributed by atoms with Gasteiger partial charge >= 0.3 is 6.03 Å². The largest absolute Gasteiger partial charge is 0.354 e. The zero-order valence-corrected chi connectivity index (χ0v) is 18.4. The Morgan fingerprint density at radius 3 is 2.30 bits per heavy atom. The van der Waals surface area contributed by atoms with Crippen molar-refractivity contribution in [1.29, 1.82) is 0 Å². The van der Waals surface area contributed by atoms with Crippen LogP contribution in [0.15, 0.2) is 28.8 Å². The van der Waals surface area contributed by atoms with Crippen LogP contribution < -0.4 is 10.6 Å². The van der Waals surface area contributed by atoms with Crippen LogP contribution >= 0.6 is 0 Å². The summed E-state index contributed by atoms with van der Waals surface area (Å²) < 4.78 is 5.34. The van der Waals surface area contributed by atoms with Crippen LogP contribution in [-0.2, 0) is 10.2 Å². The number of likely N-dealkylation sites (tertiary alicyclic amines) is 1. The van der Waals surface area contributed by atoms with E-state index < -0.39 is 0 Å². The fraction of sp³-hybridized carbons (Fsp3) is 0.545. The molecule has 1 aliphatic heterocycles. The molecule has 0 atom stereocenters. The summed E-state index contributed by atoms with van der Waals surface area (Å²) in [7, 11) is 0. The number of nitrogens with zero attached hydrogens (tertiary/aromatic N) is 3. The van der Waals surface area contributed by atoms with Crippen molar-refractivity contribution in [1.82, 2.24) is 20.4 Å². The molecule has 2 N–H and O–H groups in total. The second-order valence-corrected chi connectivity index (χ2v) is 9.11. The lowest BCUT2D eigenvalue weighted by atomic mass is 9.96. The van der Waals surface area contributed by atoms with Gasteiger partial charge in [0.2, 0.25) is 17.6 Å². The first-order valence-corrected chi connectivity index (χ1v) is 10.4. The van der Waals surface area contributed by atoms with Crippen LogP contribution in [-0.4, -0.2) is 46.1 Å². The van der Waals surface area contributed by atoms with E-state index in [4.69, 9.17) is 4.52 Å². The van der Waals surface area contributed by atoms with Crippen molar-refractivity contribution in [3.05, 3.63) is 30.2 Å². The number of hydrogen-bond acceptors (Lipinski definition) is 5. The highest BCUT2D eigenvalue weighted by atomic mass is 16.5. The molecule has 1 aromatic heterocycles. The maximum absolute atomic E-state index is 12.6. The van der Waals surface area contributed by atoms with Crippen molar-refractivity contribution in [2.24, 2.45) is 5.92 Å². The molecule has 8 nitrogen and oxygen atoms in total. The van der Waals surface area contributed by atoms with Gasteiger partial charge in [0.25, 0.3) is 0 Å². The number of benzene rings is 1. The molecule has 30 heavy (non-hydrogen) atoms. The van der Waals surface area contributed by atoms with E-state index in [1.54, 1.807) is 4.90 Å². The van der Waals surface area contributed by atoms with Crippen molar-refractivity contribution in [3.8, 4) is 11.4 Å². The van der Waals surface area contributed by atoms with Crippen LogP contribution in [0.2, 0.25) is 0 Å². The quantitative estimate of drug-likeness (QED) is 0.794. The van der Waals surface area contributed by atoms with Gasteiger partial charge < -0.3 is 20.1 Å². The Labute approximate surface area is 177 Å². The summed E-state index contributed by atoms with van der Waals surface area (Å²) in [6, 6.07) is 7.34. The average molecular weight is 414 g/mol. The third kappa shape index (κ3) is 5.37. The molecule has 0 bridgehead atoms. The number of rotatable bonds is 4. The summed E-state index contributed by atoms with van der Waals surface area (Å²) in [5, 5.41) is 9.91. The van der Waals surface area contributed by atoms with E-state index in [0.717, 1.165) is 5.56 Å². The molecule has 0 aliphatic carbocycles. The number of hydrogen-bond donors (Lipinski definition) is 2. The first kappa shape index (κ1) is 21.8. The van der Waals surface area contributed by atoms with Crippen molar-refractivity contribution in [3.63, 3.8) is 0 Å². The van der Waals surface area contributed by atoms with Gasteiger partial charge in [-0.2, -0.15) is 4.98 Å². The molecule has 2 heterocycles. The highest BCUT2D eigenvalue weighted by Crippen LogP contribution is 2.25. The molecular weight excluding hydrogens is 382 g/mol. The smallest absolute Gasteiger partial charge is 0.321 e. The van der Waals surface area contributed by atoms with E-state index in [0.29, 0.717) is 43.3 Å². The van der Waals surface area contributed by atoms with E-state index in [2.05, 4.69) is 20.8 Å². The van der Waals surface area contributed by atoms with Crippen molar-refractivity contribution < 1.29 is 14.1 Å². The molecule has 1 aliphatic rings. The zero-order valence-electron chi connectivity index (χ0n) is 18.4. The Morgan fingerprint density at radius 1 is 1.13 bits per heavy atom. The summed E-state index contributed by atoms with van der Waals surface area (Å²) in [4.78, 5) is 30.9. The molecule has 1 aromatic carbocycles. The normalized spacial score (nSPS) is 15.3. The Balaban J connectivity index is 1.54. The number of amides is 3. The molecule has 0 radical (unpaired) electrons. The summed E-state index contributed by atoms with van der Waals surface area (Å²) in [5.74, 6) is 1.17. The van der Waals surface area contributed by atoms with Crippen LogP contribution in [0.1, 0.15) is 53.4 Å². The lowest BCUT2D eigenvalue weighted by molar-refractivity contribution is -0.126. The number of carbonyl (C=O) groups is 2. The third-order valence-corrected chi connectivity index (χ3v) is 5.05. The van der Waals surface area contributed by atoms with E-state index in [1.165, 1.54) is 0 Å². The van der Waals surface area contributed by atoms with Gasteiger partial charge in [0.1, 0.15) is 0 Å². The first-order valence-electron chi connectivity index (χ1n) is 10.4. The van der Waals surface area contributed by atoms with E-state index in [-0.39, 0.29) is 29.3 Å². The minimum atomic E-state index is -0.206. The van der Waals surface area contributed by atoms with Crippen LogP contribution in [0, 0.1) is 5.92 Å². The fourth-order valence-corrected chi connectivity index (χ4v) is 3.30. The maximum Gasteiger partial charge on any atom is 0.321 e. The summed E-state index contributed by atoms with van der Waals surface area (Å²) in [6.45, 7) is 11.1. The molecule has 0 saturated carbocycles. The molecule has 162 valence electrons. The van der Waals surface area contributed by atoms with Gasteiger partial charge in [-0.15, -0.1) is 0 Å². The predicted octanol–water partition coefficient (Wildman–Crippen LogP) is 3.80. The van der Waals surface area contributed by atoms with Crippen LogP contribution in [0.5, 0.6) is 0 Å². The lowest BCUT2D eigenvalue weighted by Crippen LogP contribution is -2.45. The lowest BCUT2D eigenvalue weighted by Gasteiger charge is -2.31. The molecule has 2 aromatic rings. The predicted molar refractivity (Wildman–Crippen MR) is 115 cm³/mol. The van der Waals surface area contributed by atoms with Crippen molar-refractivity contribution >= 4 is 17.6 Å². The summed E-state index contributed by atoms with van der Waals surface area (Å²) in [5.41, 5.74) is 1.31. The minimum Gasteiger partial charge on any atom is -0.354 e. The Morgan fingerprint density at radius 2 is 1.77 bits per heavy atom. The number of anilines is 1. The van der Waals surface area contributed by atoms with Gasteiger partial charge in [0.05, 0.1) is 0 Å². The standard InChI is InChI=1S/C22H31N5O3/c1-14(2)23-19(28)16-10-12-27(13-11-16)21(29)24-17-8-6-15(7-9-17)18-25-20(30-26-18)22(3,4)5/h6-9,14,16H,10-13H2,1-5H3,(H,23,28)(H,24,29). The monoisotopic (exact) mass is 413 g/mol. The summed E-state index contributed by atoms with van der Waals surface area (Å²) in [6.07, 6.45) is 1.36. The molecule has 3 rings (SSSR count). The molecular formula is C22H31N5O3. The van der Waals surface area contributed by atoms with Gasteiger partial charge in [0.15, 0.2) is 0 Å². The van der Waals surface area contributed by atoms with E-state index in [9.17, 15) is 9.59 Å². The second kappa shape index (κ2) is 8.85. The van der Waals surface area contributed by atoms with Crippen LogP contribution in [0.25, 0.3) is 11.4 Å². The van der Waals surface area contributed by atoms with Gasteiger partial charge in [-0.25, -0.2) is 4.79 Å². The van der Waals surface area contributed by atoms with Crippen LogP contribution in [0.4, 0.5) is 10.5 Å². The number of urea groups is 1. The zero-order chi connectivity index (χ0) is 21.9. The molecule has 0 spiro atoms. The average Bonchev–Trinajstić information content (AvgIpc) is 3.19. The van der Waals surface area contributed by atoms with Gasteiger partial charge in [-0.3, -0.25) is 4.79 Å². The maximum atomic E-state index is 12.6. The second-order valence-electron chi connectivity index (χ2n) is 9.11. The van der Waals surface area contributed by atoms with Gasteiger partial charge in [0, 0.05) is 41.7 Å². The minimum absolute atomic E-state index is 0.0244. The molecule has 1 fully saturated rings. The molecule has 8 heteroatoms. The molecule has 3 amide bonds.